The molecule has 0 unspecified atom stereocenters. The van der Waals surface area contributed by atoms with Crippen LogP contribution in [0, 0.1) is 13.8 Å². The predicted molar refractivity (Wildman–Crippen MR) is 49.9 cm³/mol. The molecule has 0 aliphatic heterocycles. The topological polar surface area (TPSA) is 29.4 Å². The average Bonchev–Trinajstić information content (AvgIpc) is 1.99. The van der Waals surface area contributed by atoms with Crippen molar-refractivity contribution in [1.29, 1.82) is 0 Å². The van der Waals surface area contributed by atoms with E-state index in [-0.39, 0.29) is 0 Å². The van der Waals surface area contributed by atoms with Crippen LogP contribution in [0.1, 0.15) is 11.1 Å². The molecule has 1 rings (SSSR count). The first-order valence-electron chi connectivity index (χ1n) is 3.55. The summed E-state index contributed by atoms with van der Waals surface area (Å²) in [4.78, 5) is 10.8. The first-order valence-corrected chi connectivity index (χ1v) is 4.32. The molecular formula is C9H9NOS. The first kappa shape index (κ1) is 9.04. The quantitative estimate of drug-likeness (QED) is 0.397. The molecule has 1 aromatic carbocycles. The van der Waals surface area contributed by atoms with Crippen LogP contribution in [-0.4, -0.2) is 6.08 Å². The van der Waals surface area contributed by atoms with Gasteiger partial charge in [-0.05, 0) is 37.1 Å². The van der Waals surface area contributed by atoms with Gasteiger partial charge in [-0.15, -0.1) is 4.40 Å². The second-order valence-electron chi connectivity index (χ2n) is 2.60. The van der Waals surface area contributed by atoms with Gasteiger partial charge in [0.05, 0.1) is 0 Å². The highest BCUT2D eigenvalue weighted by molar-refractivity contribution is 7.98. The van der Waals surface area contributed by atoms with Crippen molar-refractivity contribution in [2.75, 3.05) is 0 Å². The normalized spacial score (nSPS) is 9.17. The van der Waals surface area contributed by atoms with Gasteiger partial charge in [0, 0.05) is 16.8 Å². The van der Waals surface area contributed by atoms with Crippen molar-refractivity contribution in [3.05, 3.63) is 29.3 Å². The van der Waals surface area contributed by atoms with Gasteiger partial charge in [0.15, 0.2) is 0 Å². The third-order valence-electron chi connectivity index (χ3n) is 1.38. The number of aryl methyl sites for hydroxylation is 2. The highest BCUT2D eigenvalue weighted by Gasteiger charge is 1.94. The summed E-state index contributed by atoms with van der Waals surface area (Å²) in [6.45, 7) is 4.03. The van der Waals surface area contributed by atoms with Crippen molar-refractivity contribution < 1.29 is 4.79 Å². The lowest BCUT2D eigenvalue weighted by molar-refractivity contribution is 0.566. The minimum atomic E-state index is 0.982. The number of benzene rings is 1. The summed E-state index contributed by atoms with van der Waals surface area (Å²) in [7, 11) is 0. The number of hydrogen-bond donors (Lipinski definition) is 0. The van der Waals surface area contributed by atoms with Crippen molar-refractivity contribution in [3.8, 4) is 0 Å². The van der Waals surface area contributed by atoms with Crippen molar-refractivity contribution in [2.24, 2.45) is 4.40 Å². The van der Waals surface area contributed by atoms with Crippen LogP contribution in [-0.2, 0) is 4.79 Å². The molecule has 1 aromatic rings. The van der Waals surface area contributed by atoms with Gasteiger partial charge in [0.25, 0.3) is 0 Å². The molecule has 0 aliphatic rings. The van der Waals surface area contributed by atoms with E-state index in [0.717, 1.165) is 16.8 Å². The third kappa shape index (κ3) is 2.53. The van der Waals surface area contributed by atoms with E-state index in [1.807, 2.05) is 26.0 Å². The Morgan fingerprint density at radius 2 is 1.83 bits per heavy atom. The fourth-order valence-corrected chi connectivity index (χ4v) is 1.68. The minimum absolute atomic E-state index is 0.982. The summed E-state index contributed by atoms with van der Waals surface area (Å²) in [6.07, 6.45) is 1.49. The molecule has 0 heterocycles. The van der Waals surface area contributed by atoms with E-state index in [2.05, 4.69) is 10.5 Å². The van der Waals surface area contributed by atoms with Crippen LogP contribution >= 0.6 is 11.9 Å². The van der Waals surface area contributed by atoms with Gasteiger partial charge in [-0.1, -0.05) is 6.07 Å². The lowest BCUT2D eigenvalue weighted by Gasteiger charge is -1.98. The van der Waals surface area contributed by atoms with E-state index in [9.17, 15) is 4.79 Å². The summed E-state index contributed by atoms with van der Waals surface area (Å²) in [5, 5.41) is 0. The predicted octanol–water partition coefficient (Wildman–Crippen LogP) is 2.65. The average molecular weight is 179 g/mol. The Morgan fingerprint density at radius 3 is 2.33 bits per heavy atom. The molecule has 0 aliphatic carbocycles. The molecule has 0 atom stereocenters. The zero-order chi connectivity index (χ0) is 8.97. The van der Waals surface area contributed by atoms with Crippen LogP contribution in [0.25, 0.3) is 0 Å². The maximum absolute atomic E-state index is 9.84. The highest BCUT2D eigenvalue weighted by Crippen LogP contribution is 2.20. The molecule has 0 amide bonds. The van der Waals surface area contributed by atoms with Gasteiger partial charge in [-0.2, -0.15) is 0 Å². The van der Waals surface area contributed by atoms with Gasteiger partial charge < -0.3 is 0 Å². The summed E-state index contributed by atoms with van der Waals surface area (Å²) >= 11 is 1.15. The second kappa shape index (κ2) is 4.10. The molecule has 0 spiro atoms. The maximum atomic E-state index is 9.84. The Bertz CT molecular complexity index is 309. The molecule has 62 valence electrons. The second-order valence-corrected chi connectivity index (χ2v) is 3.43. The van der Waals surface area contributed by atoms with E-state index < -0.39 is 0 Å². The molecular weight excluding hydrogens is 170 g/mol. The van der Waals surface area contributed by atoms with E-state index in [0.29, 0.717) is 0 Å². The highest BCUT2D eigenvalue weighted by atomic mass is 32.2. The summed E-state index contributed by atoms with van der Waals surface area (Å²) in [5.74, 6) is 0. The molecule has 0 saturated carbocycles. The fraction of sp³-hybridized carbons (Fsp3) is 0.222. The number of hydrogen-bond acceptors (Lipinski definition) is 3. The van der Waals surface area contributed by atoms with Crippen molar-refractivity contribution in [3.63, 3.8) is 0 Å². The molecule has 0 fully saturated rings. The van der Waals surface area contributed by atoms with Crippen molar-refractivity contribution in [1.82, 2.24) is 0 Å². The minimum Gasteiger partial charge on any atom is -0.210 e. The van der Waals surface area contributed by atoms with Crippen LogP contribution in [0.15, 0.2) is 27.5 Å². The molecule has 3 heteroatoms. The van der Waals surface area contributed by atoms with Crippen LogP contribution in [0.3, 0.4) is 0 Å². The van der Waals surface area contributed by atoms with E-state index in [1.165, 1.54) is 17.2 Å². The number of isocyanates is 1. The third-order valence-corrected chi connectivity index (χ3v) is 2.00. The van der Waals surface area contributed by atoms with Gasteiger partial charge in [0.2, 0.25) is 6.08 Å². The van der Waals surface area contributed by atoms with Crippen LogP contribution in [0.4, 0.5) is 0 Å². The van der Waals surface area contributed by atoms with Gasteiger partial charge >= 0.3 is 0 Å². The van der Waals surface area contributed by atoms with Crippen molar-refractivity contribution in [2.45, 2.75) is 18.7 Å². The standard InChI is InChI=1S/C9H9NOS/c1-7-3-8(2)5-9(4-7)12-10-6-11/h3-5H,1-2H3. The molecule has 0 aromatic heterocycles. The van der Waals surface area contributed by atoms with Crippen LogP contribution in [0.2, 0.25) is 0 Å². The molecule has 12 heavy (non-hydrogen) atoms. The Hall–Kier alpha value is -1.05. The monoisotopic (exact) mass is 179 g/mol. The van der Waals surface area contributed by atoms with Gasteiger partial charge in [-0.3, -0.25) is 0 Å². The number of carbonyl (C=O) groups excluding carboxylic acids is 1. The van der Waals surface area contributed by atoms with Crippen LogP contribution < -0.4 is 0 Å². The summed E-state index contributed by atoms with van der Waals surface area (Å²) < 4.78 is 3.44. The van der Waals surface area contributed by atoms with Gasteiger partial charge in [0.1, 0.15) is 0 Å². The van der Waals surface area contributed by atoms with E-state index >= 15 is 0 Å². The largest absolute Gasteiger partial charge is 0.247 e. The number of rotatable bonds is 2. The summed E-state index contributed by atoms with van der Waals surface area (Å²) in [5.41, 5.74) is 2.36. The lowest BCUT2D eigenvalue weighted by Crippen LogP contribution is -1.77. The molecule has 2 nitrogen and oxygen atoms in total. The zero-order valence-electron chi connectivity index (χ0n) is 7.00. The Kier molecular flexibility index (Phi) is 3.09. The molecule has 0 saturated heterocycles. The smallest absolute Gasteiger partial charge is 0.210 e. The van der Waals surface area contributed by atoms with Crippen molar-refractivity contribution >= 4 is 18.0 Å². The Labute approximate surface area is 75.8 Å². The first-order chi connectivity index (χ1) is 5.72. The maximum Gasteiger partial charge on any atom is 0.247 e. The van der Waals surface area contributed by atoms with Gasteiger partial charge in [-0.25, -0.2) is 4.79 Å². The summed E-state index contributed by atoms with van der Waals surface area (Å²) in [6, 6.07) is 6.05. The lowest BCUT2D eigenvalue weighted by atomic mass is 10.2. The Morgan fingerprint density at radius 1 is 1.25 bits per heavy atom. The SMILES string of the molecule is Cc1cc(C)cc(SN=C=O)c1. The molecule has 0 bridgehead atoms. The van der Waals surface area contributed by atoms with E-state index in [1.54, 1.807) is 0 Å². The Balaban J connectivity index is 2.92. The van der Waals surface area contributed by atoms with Crippen LogP contribution in [0.5, 0.6) is 0 Å². The number of nitrogens with zero attached hydrogens (tertiary/aromatic N) is 1. The zero-order valence-corrected chi connectivity index (χ0v) is 7.81. The van der Waals surface area contributed by atoms with E-state index in [4.69, 9.17) is 0 Å². The fourth-order valence-electron chi connectivity index (χ4n) is 1.06. The molecule has 0 N–H and O–H groups in total. The molecule has 0 radical (unpaired) electrons.